The second-order valence-corrected chi connectivity index (χ2v) is 7.18. The molecule has 3 aromatic rings. The summed E-state index contributed by atoms with van der Waals surface area (Å²) < 4.78 is 11.5. The van der Waals surface area contributed by atoms with Crippen molar-refractivity contribution in [2.45, 2.75) is 26.2 Å². The van der Waals surface area contributed by atoms with Crippen molar-refractivity contribution in [2.75, 3.05) is 38.7 Å². The summed E-state index contributed by atoms with van der Waals surface area (Å²) in [5.74, 6) is 2.25. The monoisotopic (exact) mass is 381 g/mol. The van der Waals surface area contributed by atoms with Crippen LogP contribution in [0.25, 0.3) is 10.9 Å². The molecule has 1 fully saturated rings. The molecule has 1 aliphatic rings. The van der Waals surface area contributed by atoms with Gasteiger partial charge in [-0.25, -0.2) is 4.98 Å². The van der Waals surface area contributed by atoms with E-state index in [4.69, 9.17) is 9.47 Å². The Morgan fingerprint density at radius 1 is 1.18 bits per heavy atom. The van der Waals surface area contributed by atoms with Crippen molar-refractivity contribution in [3.8, 4) is 11.5 Å². The van der Waals surface area contributed by atoms with Crippen molar-refractivity contribution in [3.63, 3.8) is 0 Å². The predicted octanol–water partition coefficient (Wildman–Crippen LogP) is 3.88. The highest BCUT2D eigenvalue weighted by Gasteiger charge is 2.12. The number of rotatable bonds is 8. The lowest BCUT2D eigenvalue weighted by molar-refractivity contribution is 0.254. The van der Waals surface area contributed by atoms with Crippen molar-refractivity contribution < 1.29 is 9.47 Å². The van der Waals surface area contributed by atoms with E-state index in [-0.39, 0.29) is 0 Å². The molecule has 28 heavy (non-hydrogen) atoms. The number of likely N-dealkylation sites (tertiary alicyclic amines) is 1. The number of hydrogen-bond donors (Lipinski definition) is 2. The molecule has 0 unspecified atom stereocenters. The fraction of sp³-hybridized carbons (Fsp3) is 0.429. The van der Waals surface area contributed by atoms with Crippen molar-refractivity contribution in [3.05, 3.63) is 36.2 Å². The van der Waals surface area contributed by atoms with E-state index in [1.165, 1.54) is 25.9 Å². The normalized spacial score (nSPS) is 14.5. The fourth-order valence-corrected chi connectivity index (χ4v) is 3.65. The standard InChI is InChI=1S/C21H27N5O2/c1-15-12-18-17(14-22-25-18)21(23-15)24-16-6-7-19(27-2)20(13-16)28-11-5-10-26-8-3-4-9-26/h6-7,12-14H,3-5,8-11H2,1-2H3,(H,22,25)(H,23,24). The molecule has 7 heteroatoms. The lowest BCUT2D eigenvalue weighted by Crippen LogP contribution is -2.21. The van der Waals surface area contributed by atoms with Gasteiger partial charge in [-0.2, -0.15) is 5.10 Å². The molecule has 4 rings (SSSR count). The third kappa shape index (κ3) is 4.20. The number of pyridine rings is 1. The zero-order valence-corrected chi connectivity index (χ0v) is 16.5. The number of methoxy groups -OCH3 is 1. The number of hydrogen-bond acceptors (Lipinski definition) is 6. The van der Waals surface area contributed by atoms with E-state index < -0.39 is 0 Å². The van der Waals surface area contributed by atoms with Gasteiger partial charge in [-0.3, -0.25) is 5.10 Å². The molecule has 2 N–H and O–H groups in total. The van der Waals surface area contributed by atoms with Crippen LogP contribution in [0.5, 0.6) is 11.5 Å². The summed E-state index contributed by atoms with van der Waals surface area (Å²) in [6, 6.07) is 7.83. The summed E-state index contributed by atoms with van der Waals surface area (Å²) in [5, 5.41) is 11.5. The highest BCUT2D eigenvalue weighted by molar-refractivity contribution is 5.90. The van der Waals surface area contributed by atoms with E-state index in [1.54, 1.807) is 13.3 Å². The zero-order chi connectivity index (χ0) is 19.3. The highest BCUT2D eigenvalue weighted by Crippen LogP contribution is 2.32. The molecule has 0 saturated carbocycles. The van der Waals surface area contributed by atoms with E-state index in [0.717, 1.165) is 52.6 Å². The number of nitrogens with zero attached hydrogens (tertiary/aromatic N) is 3. The first-order valence-electron chi connectivity index (χ1n) is 9.84. The Morgan fingerprint density at radius 2 is 2.04 bits per heavy atom. The van der Waals surface area contributed by atoms with Crippen molar-refractivity contribution in [1.82, 2.24) is 20.1 Å². The summed E-state index contributed by atoms with van der Waals surface area (Å²) in [6.07, 6.45) is 5.43. The lowest BCUT2D eigenvalue weighted by Gasteiger charge is -2.16. The maximum Gasteiger partial charge on any atom is 0.163 e. The maximum absolute atomic E-state index is 6.03. The minimum Gasteiger partial charge on any atom is -0.493 e. The molecule has 1 aliphatic heterocycles. The molecular formula is C21H27N5O2. The first-order valence-corrected chi connectivity index (χ1v) is 9.84. The molecule has 0 radical (unpaired) electrons. The number of aromatic nitrogens is 3. The summed E-state index contributed by atoms with van der Waals surface area (Å²) in [5.41, 5.74) is 2.78. The molecule has 0 aliphatic carbocycles. The number of H-pyrrole nitrogens is 1. The average molecular weight is 381 g/mol. The van der Waals surface area contributed by atoms with Gasteiger partial charge >= 0.3 is 0 Å². The summed E-state index contributed by atoms with van der Waals surface area (Å²) >= 11 is 0. The van der Waals surface area contributed by atoms with Crippen LogP contribution in [0.2, 0.25) is 0 Å². The quantitative estimate of drug-likeness (QED) is 0.577. The molecule has 1 aromatic carbocycles. The smallest absolute Gasteiger partial charge is 0.163 e. The summed E-state index contributed by atoms with van der Waals surface area (Å²) in [7, 11) is 1.66. The molecule has 3 heterocycles. The molecule has 1 saturated heterocycles. The van der Waals surface area contributed by atoms with Gasteiger partial charge in [0.1, 0.15) is 5.82 Å². The number of ether oxygens (including phenoxy) is 2. The molecule has 0 amide bonds. The SMILES string of the molecule is COc1ccc(Nc2nc(C)cc3[nH]ncc23)cc1OCCCN1CCCC1. The van der Waals surface area contributed by atoms with E-state index in [9.17, 15) is 0 Å². The molecule has 2 aromatic heterocycles. The van der Waals surface area contributed by atoms with Crippen LogP contribution in [0.4, 0.5) is 11.5 Å². The number of aromatic amines is 1. The van der Waals surface area contributed by atoms with E-state index in [1.807, 2.05) is 31.2 Å². The molecule has 148 valence electrons. The molecule has 0 bridgehead atoms. The highest BCUT2D eigenvalue weighted by atomic mass is 16.5. The zero-order valence-electron chi connectivity index (χ0n) is 16.5. The Morgan fingerprint density at radius 3 is 2.86 bits per heavy atom. The van der Waals surface area contributed by atoms with E-state index in [0.29, 0.717) is 6.61 Å². The predicted molar refractivity (Wildman–Crippen MR) is 111 cm³/mol. The topological polar surface area (TPSA) is 75.3 Å². The largest absolute Gasteiger partial charge is 0.493 e. The third-order valence-electron chi connectivity index (χ3n) is 5.07. The second-order valence-electron chi connectivity index (χ2n) is 7.18. The number of fused-ring (bicyclic) bond motifs is 1. The van der Waals surface area contributed by atoms with Gasteiger partial charge in [0, 0.05) is 24.0 Å². The van der Waals surface area contributed by atoms with Gasteiger partial charge in [0.05, 0.1) is 30.8 Å². The molecule has 0 atom stereocenters. The number of anilines is 2. The van der Waals surface area contributed by atoms with Crippen LogP contribution in [-0.2, 0) is 0 Å². The Kier molecular flexibility index (Phi) is 5.62. The first-order chi connectivity index (χ1) is 13.7. The first kappa shape index (κ1) is 18.6. The Balaban J connectivity index is 1.45. The lowest BCUT2D eigenvalue weighted by atomic mass is 10.2. The van der Waals surface area contributed by atoms with Crippen LogP contribution < -0.4 is 14.8 Å². The van der Waals surface area contributed by atoms with Gasteiger partial charge in [0.2, 0.25) is 0 Å². The maximum atomic E-state index is 6.03. The molecular weight excluding hydrogens is 354 g/mol. The number of benzene rings is 1. The Bertz CT molecular complexity index is 934. The van der Waals surface area contributed by atoms with Gasteiger partial charge in [0.15, 0.2) is 11.5 Å². The van der Waals surface area contributed by atoms with E-state index >= 15 is 0 Å². The van der Waals surface area contributed by atoms with Crippen molar-refractivity contribution >= 4 is 22.4 Å². The van der Waals surface area contributed by atoms with Crippen LogP contribution in [-0.4, -0.2) is 53.4 Å². The van der Waals surface area contributed by atoms with Gasteiger partial charge in [-0.1, -0.05) is 0 Å². The summed E-state index contributed by atoms with van der Waals surface area (Å²) in [6.45, 7) is 6.16. The Hall–Kier alpha value is -2.80. The van der Waals surface area contributed by atoms with Gasteiger partial charge < -0.3 is 19.7 Å². The number of aryl methyl sites for hydroxylation is 1. The fourth-order valence-electron chi connectivity index (χ4n) is 3.65. The van der Waals surface area contributed by atoms with Gasteiger partial charge in [-0.05, 0) is 57.5 Å². The minimum absolute atomic E-state index is 0.672. The molecule has 0 spiro atoms. The van der Waals surface area contributed by atoms with Gasteiger partial charge in [-0.15, -0.1) is 0 Å². The summed E-state index contributed by atoms with van der Waals surface area (Å²) in [4.78, 5) is 7.11. The van der Waals surface area contributed by atoms with Crippen LogP contribution in [0.3, 0.4) is 0 Å². The number of nitrogens with one attached hydrogen (secondary N) is 2. The van der Waals surface area contributed by atoms with Crippen molar-refractivity contribution in [1.29, 1.82) is 0 Å². The van der Waals surface area contributed by atoms with Crippen LogP contribution >= 0.6 is 0 Å². The average Bonchev–Trinajstić information content (AvgIpc) is 3.37. The van der Waals surface area contributed by atoms with E-state index in [2.05, 4.69) is 25.4 Å². The van der Waals surface area contributed by atoms with Gasteiger partial charge in [0.25, 0.3) is 0 Å². The van der Waals surface area contributed by atoms with Crippen LogP contribution in [0.15, 0.2) is 30.5 Å². The Labute approximate surface area is 165 Å². The third-order valence-corrected chi connectivity index (χ3v) is 5.07. The minimum atomic E-state index is 0.672. The van der Waals surface area contributed by atoms with Crippen LogP contribution in [0, 0.1) is 6.92 Å². The van der Waals surface area contributed by atoms with Crippen molar-refractivity contribution in [2.24, 2.45) is 0 Å². The molecule has 7 nitrogen and oxygen atoms in total. The second kappa shape index (κ2) is 8.48. The van der Waals surface area contributed by atoms with Crippen LogP contribution in [0.1, 0.15) is 25.0 Å².